The van der Waals surface area contributed by atoms with Crippen LogP contribution in [-0.4, -0.2) is 11.1 Å². The molecule has 22 heavy (non-hydrogen) atoms. The Kier molecular flexibility index (Phi) is 5.81. The van der Waals surface area contributed by atoms with Crippen LogP contribution in [0, 0.1) is 11.7 Å². The molecule has 0 aliphatic heterocycles. The Balaban J connectivity index is 2.14. The quantitative estimate of drug-likeness (QED) is 0.847. The zero-order chi connectivity index (χ0) is 16.3. The molecule has 0 bridgehead atoms. The van der Waals surface area contributed by atoms with E-state index in [0.29, 0.717) is 11.4 Å². The van der Waals surface area contributed by atoms with Crippen molar-refractivity contribution in [3.63, 3.8) is 0 Å². The van der Waals surface area contributed by atoms with Crippen molar-refractivity contribution in [1.29, 1.82) is 0 Å². The third-order valence-electron chi connectivity index (χ3n) is 3.82. The molecular weight excluding hydrogens is 324 g/mol. The first-order chi connectivity index (χ1) is 10.4. The van der Waals surface area contributed by atoms with E-state index in [1.165, 1.54) is 12.1 Å². The highest BCUT2D eigenvalue weighted by atomic mass is 35.5. The average Bonchev–Trinajstić information content (AvgIpc) is 2.51. The van der Waals surface area contributed by atoms with Crippen molar-refractivity contribution >= 4 is 23.2 Å². The molecule has 1 unspecified atom stereocenters. The van der Waals surface area contributed by atoms with E-state index in [2.05, 4.69) is 0 Å². The second-order valence-corrected chi connectivity index (χ2v) is 6.25. The molecule has 2 aromatic carbocycles. The van der Waals surface area contributed by atoms with Gasteiger partial charge < -0.3 is 10.8 Å². The summed E-state index contributed by atoms with van der Waals surface area (Å²) in [6.45, 7) is 1.90. The lowest BCUT2D eigenvalue weighted by molar-refractivity contribution is 0.118. The predicted molar refractivity (Wildman–Crippen MR) is 88.7 cm³/mol. The smallest absolute Gasteiger partial charge is 0.147 e. The number of aliphatic hydroxyl groups is 1. The van der Waals surface area contributed by atoms with E-state index in [-0.39, 0.29) is 16.5 Å². The van der Waals surface area contributed by atoms with Gasteiger partial charge in [0.05, 0.1) is 11.1 Å². The number of benzene rings is 2. The van der Waals surface area contributed by atoms with Crippen molar-refractivity contribution in [3.8, 4) is 0 Å². The maximum absolute atomic E-state index is 14.0. The van der Waals surface area contributed by atoms with Crippen molar-refractivity contribution < 1.29 is 9.50 Å². The number of aliphatic hydroxyl groups excluding tert-OH is 1. The maximum atomic E-state index is 14.0. The number of halogens is 3. The summed E-state index contributed by atoms with van der Waals surface area (Å²) in [7, 11) is 0. The van der Waals surface area contributed by atoms with Crippen molar-refractivity contribution in [2.24, 2.45) is 11.7 Å². The molecule has 0 heterocycles. The monoisotopic (exact) mass is 341 g/mol. The molecule has 0 radical (unpaired) electrons. The fourth-order valence-corrected chi connectivity index (χ4v) is 2.81. The van der Waals surface area contributed by atoms with Gasteiger partial charge in [-0.15, -0.1) is 0 Å². The Morgan fingerprint density at radius 1 is 1.09 bits per heavy atom. The van der Waals surface area contributed by atoms with Crippen molar-refractivity contribution in [2.75, 3.05) is 0 Å². The van der Waals surface area contributed by atoms with Crippen LogP contribution in [0.4, 0.5) is 4.39 Å². The highest BCUT2D eigenvalue weighted by molar-refractivity contribution is 6.31. The van der Waals surface area contributed by atoms with Crippen molar-refractivity contribution in [2.45, 2.75) is 25.5 Å². The lowest BCUT2D eigenvalue weighted by Gasteiger charge is -2.26. The third-order valence-corrected chi connectivity index (χ3v) is 4.48. The summed E-state index contributed by atoms with van der Waals surface area (Å²) < 4.78 is 14.0. The first kappa shape index (κ1) is 17.2. The van der Waals surface area contributed by atoms with Crippen LogP contribution in [0.3, 0.4) is 0 Å². The summed E-state index contributed by atoms with van der Waals surface area (Å²) in [5, 5.41) is 11.0. The molecule has 0 saturated carbocycles. The van der Waals surface area contributed by atoms with Crippen LogP contribution in [-0.2, 0) is 6.42 Å². The van der Waals surface area contributed by atoms with E-state index in [1.807, 2.05) is 31.2 Å². The van der Waals surface area contributed by atoms with Gasteiger partial charge >= 0.3 is 0 Å². The minimum atomic E-state index is -1.13. The van der Waals surface area contributed by atoms with Crippen LogP contribution < -0.4 is 5.73 Å². The number of rotatable bonds is 5. The van der Waals surface area contributed by atoms with Crippen LogP contribution in [0.1, 0.15) is 24.2 Å². The molecule has 0 fully saturated rings. The molecule has 2 aromatic rings. The lowest BCUT2D eigenvalue weighted by Crippen LogP contribution is -2.36. The van der Waals surface area contributed by atoms with Crippen LogP contribution in [0.15, 0.2) is 42.5 Å². The second kappa shape index (κ2) is 7.42. The molecular formula is C17H18Cl2FNO. The fourth-order valence-electron chi connectivity index (χ4n) is 2.41. The van der Waals surface area contributed by atoms with Gasteiger partial charge in [0, 0.05) is 16.6 Å². The summed E-state index contributed by atoms with van der Waals surface area (Å²) in [5.74, 6) is -0.717. The van der Waals surface area contributed by atoms with Crippen LogP contribution in [0.2, 0.25) is 10.0 Å². The molecule has 0 aliphatic rings. The number of nitrogens with two attached hydrogens (primary N) is 1. The summed E-state index contributed by atoms with van der Waals surface area (Å²) in [6, 6.07) is 11.4. The molecule has 5 heteroatoms. The molecule has 2 rings (SSSR count). The van der Waals surface area contributed by atoms with Gasteiger partial charge in [0.25, 0.3) is 0 Å². The van der Waals surface area contributed by atoms with Crippen LogP contribution in [0.25, 0.3) is 0 Å². The standard InChI is InChI=1S/C17H18Cl2FNO/c1-10(9-11-5-2-3-7-13(11)18)16(21)17(22)12-6-4-8-14(19)15(12)20/h2-8,10,16-17,22H,9,21H2,1H3/t10?,16-,17-/m1/s1. The SMILES string of the molecule is CC(Cc1ccccc1Cl)[C@@H](N)[C@H](O)c1cccc(Cl)c1F. The van der Waals surface area contributed by atoms with E-state index < -0.39 is 18.0 Å². The van der Waals surface area contributed by atoms with E-state index in [4.69, 9.17) is 28.9 Å². The van der Waals surface area contributed by atoms with E-state index in [0.717, 1.165) is 5.56 Å². The molecule has 0 aliphatic carbocycles. The maximum Gasteiger partial charge on any atom is 0.147 e. The number of hydrogen-bond donors (Lipinski definition) is 2. The summed E-state index contributed by atoms with van der Waals surface area (Å²) in [4.78, 5) is 0. The highest BCUT2D eigenvalue weighted by Gasteiger charge is 2.26. The predicted octanol–water partition coefficient (Wildman–Crippen LogP) is 4.37. The van der Waals surface area contributed by atoms with Gasteiger partial charge in [-0.25, -0.2) is 4.39 Å². The van der Waals surface area contributed by atoms with Crippen LogP contribution in [0.5, 0.6) is 0 Å². The largest absolute Gasteiger partial charge is 0.387 e. The van der Waals surface area contributed by atoms with Gasteiger partial charge in [0.2, 0.25) is 0 Å². The van der Waals surface area contributed by atoms with E-state index in [1.54, 1.807) is 6.07 Å². The first-order valence-corrected chi connectivity index (χ1v) is 7.78. The highest BCUT2D eigenvalue weighted by Crippen LogP contribution is 2.29. The second-order valence-electron chi connectivity index (χ2n) is 5.44. The normalized spacial score (nSPS) is 15.4. The summed E-state index contributed by atoms with van der Waals surface area (Å²) in [5.41, 5.74) is 7.17. The third kappa shape index (κ3) is 3.79. The molecule has 2 nitrogen and oxygen atoms in total. The Hall–Kier alpha value is -1.13. The Morgan fingerprint density at radius 2 is 1.73 bits per heavy atom. The summed E-state index contributed by atoms with van der Waals surface area (Å²) >= 11 is 11.9. The first-order valence-electron chi connectivity index (χ1n) is 7.02. The number of hydrogen-bond acceptors (Lipinski definition) is 2. The van der Waals surface area contributed by atoms with Gasteiger partial charge in [-0.05, 0) is 30.0 Å². The molecule has 0 aromatic heterocycles. The zero-order valence-corrected chi connectivity index (χ0v) is 13.7. The van der Waals surface area contributed by atoms with E-state index >= 15 is 0 Å². The Labute approximate surface area is 139 Å². The zero-order valence-electron chi connectivity index (χ0n) is 12.1. The van der Waals surface area contributed by atoms with Crippen LogP contribution >= 0.6 is 23.2 Å². The molecule has 0 saturated heterocycles. The fraction of sp³-hybridized carbons (Fsp3) is 0.294. The van der Waals surface area contributed by atoms with Gasteiger partial charge in [0.1, 0.15) is 5.82 Å². The molecule has 0 spiro atoms. The minimum Gasteiger partial charge on any atom is -0.387 e. The van der Waals surface area contributed by atoms with Gasteiger partial charge in [0.15, 0.2) is 0 Å². The molecule has 118 valence electrons. The summed E-state index contributed by atoms with van der Waals surface area (Å²) in [6.07, 6.45) is -0.531. The Morgan fingerprint density at radius 3 is 2.41 bits per heavy atom. The molecule has 3 N–H and O–H groups in total. The average molecular weight is 342 g/mol. The van der Waals surface area contributed by atoms with Gasteiger partial charge in [-0.3, -0.25) is 0 Å². The lowest BCUT2D eigenvalue weighted by atomic mass is 9.88. The Bertz CT molecular complexity index is 650. The van der Waals surface area contributed by atoms with Crippen molar-refractivity contribution in [1.82, 2.24) is 0 Å². The molecule has 3 atom stereocenters. The minimum absolute atomic E-state index is 0.0255. The molecule has 0 amide bonds. The van der Waals surface area contributed by atoms with E-state index in [9.17, 15) is 9.50 Å². The van der Waals surface area contributed by atoms with Crippen molar-refractivity contribution in [3.05, 3.63) is 69.5 Å². The topological polar surface area (TPSA) is 46.2 Å². The van der Waals surface area contributed by atoms with Gasteiger partial charge in [-0.2, -0.15) is 0 Å². The van der Waals surface area contributed by atoms with Gasteiger partial charge in [-0.1, -0.05) is 60.5 Å².